The van der Waals surface area contributed by atoms with Crippen LogP contribution in [0.3, 0.4) is 0 Å². The van der Waals surface area contributed by atoms with Crippen LogP contribution in [-0.4, -0.2) is 48.8 Å². The molecule has 9 nitrogen and oxygen atoms in total. The number of nitrogens with one attached hydrogen (secondary N) is 1. The highest BCUT2D eigenvalue weighted by atomic mass is 32.2. The topological polar surface area (TPSA) is 114 Å². The molecule has 0 aromatic carbocycles. The average Bonchev–Trinajstić information content (AvgIpc) is 3.35. The van der Waals surface area contributed by atoms with Crippen molar-refractivity contribution in [2.24, 2.45) is 7.05 Å². The zero-order chi connectivity index (χ0) is 20.8. The molecule has 0 saturated heterocycles. The van der Waals surface area contributed by atoms with Crippen LogP contribution >= 0.6 is 11.3 Å². The lowest BCUT2D eigenvalue weighted by Gasteiger charge is -2.15. The lowest BCUT2D eigenvalue weighted by molar-refractivity contribution is 0.0722. The van der Waals surface area contributed by atoms with Crippen molar-refractivity contribution in [2.45, 2.75) is 41.8 Å². The molecule has 4 rings (SSSR count). The van der Waals surface area contributed by atoms with Gasteiger partial charge in [0.05, 0.1) is 28.3 Å². The predicted molar refractivity (Wildman–Crippen MR) is 116 cm³/mol. The van der Waals surface area contributed by atoms with Gasteiger partial charge in [0.1, 0.15) is 12.2 Å². The summed E-state index contributed by atoms with van der Waals surface area (Å²) in [5.41, 5.74) is 0.850. The van der Waals surface area contributed by atoms with Crippen LogP contribution in [0.1, 0.15) is 0 Å². The van der Waals surface area contributed by atoms with Crippen molar-refractivity contribution in [3.63, 3.8) is 0 Å². The van der Waals surface area contributed by atoms with Crippen LogP contribution in [0.15, 0.2) is 32.6 Å². The van der Waals surface area contributed by atoms with Gasteiger partial charge in [-0.05, 0) is 6.04 Å². The minimum Gasteiger partial charge on any atom is -0.603 e. The van der Waals surface area contributed by atoms with Gasteiger partial charge in [0, 0.05) is 33.2 Å². The van der Waals surface area contributed by atoms with Gasteiger partial charge in [-0.15, -0.1) is 0 Å². The molecule has 154 valence electrons. The van der Waals surface area contributed by atoms with Crippen LogP contribution in [0.25, 0.3) is 21.3 Å². The molecular formula is C17H22N6O3S2Si. The fourth-order valence-electron chi connectivity index (χ4n) is 2.97. The van der Waals surface area contributed by atoms with Crippen LogP contribution in [0.2, 0.25) is 25.7 Å². The molecule has 1 unspecified atom stereocenters. The molecule has 0 amide bonds. The molecule has 1 N–H and O–H groups in total. The van der Waals surface area contributed by atoms with E-state index in [1.807, 2.05) is 0 Å². The molecule has 0 saturated carbocycles. The van der Waals surface area contributed by atoms with Gasteiger partial charge in [-0.25, -0.2) is 5.10 Å². The highest BCUT2D eigenvalue weighted by Crippen LogP contribution is 2.34. The number of H-pyrrole nitrogens is 1. The highest BCUT2D eigenvalue weighted by Gasteiger charge is 2.27. The fourth-order valence-corrected chi connectivity index (χ4v) is 6.20. The maximum Gasteiger partial charge on any atom is 0.311 e. The smallest absolute Gasteiger partial charge is 0.311 e. The van der Waals surface area contributed by atoms with E-state index in [4.69, 9.17) is 4.74 Å². The largest absolute Gasteiger partial charge is 0.603 e. The minimum absolute atomic E-state index is 0.256. The van der Waals surface area contributed by atoms with Crippen molar-refractivity contribution in [3.8, 4) is 0 Å². The summed E-state index contributed by atoms with van der Waals surface area (Å²) in [4.78, 5) is 16.6. The van der Waals surface area contributed by atoms with Crippen LogP contribution < -0.4 is 5.56 Å². The first-order valence-corrected chi connectivity index (χ1v) is 14.8. The fraction of sp³-hybridized carbons (Fsp3) is 0.412. The molecule has 4 aromatic heterocycles. The number of thiazole rings is 1. The number of hydrogen-bond acceptors (Lipinski definition) is 7. The molecule has 4 aromatic rings. The second kappa shape index (κ2) is 7.68. The van der Waals surface area contributed by atoms with Gasteiger partial charge in [-0.3, -0.25) is 4.79 Å². The van der Waals surface area contributed by atoms with E-state index < -0.39 is 19.2 Å². The molecule has 0 aliphatic carbocycles. The summed E-state index contributed by atoms with van der Waals surface area (Å²) in [7, 11) is 0.601. The van der Waals surface area contributed by atoms with Crippen molar-refractivity contribution in [2.75, 3.05) is 6.61 Å². The molecule has 0 spiro atoms. The van der Waals surface area contributed by atoms with Gasteiger partial charge in [-0.2, -0.15) is 19.9 Å². The summed E-state index contributed by atoms with van der Waals surface area (Å²) in [6.07, 6.45) is 3.21. The molecule has 12 heteroatoms. The SMILES string of the molecule is Cn1c2nc([S+]([O-])c3ccnn3COCC[Si](C)(C)C)sc2c2cn[nH]c(=O)c21. The number of ether oxygens (including phenoxy) is 1. The van der Waals surface area contributed by atoms with Gasteiger partial charge in [-0.1, -0.05) is 31.0 Å². The predicted octanol–water partition coefficient (Wildman–Crippen LogP) is 2.55. The number of hydrogen-bond donors (Lipinski definition) is 1. The van der Waals surface area contributed by atoms with E-state index in [1.54, 1.807) is 34.8 Å². The Balaban J connectivity index is 1.59. The second-order valence-electron chi connectivity index (χ2n) is 7.94. The zero-order valence-electron chi connectivity index (χ0n) is 16.6. The van der Waals surface area contributed by atoms with Crippen molar-refractivity contribution in [3.05, 3.63) is 28.8 Å². The normalized spacial score (nSPS) is 13.6. The number of nitrogens with zero attached hydrogens (tertiary/aromatic N) is 5. The van der Waals surface area contributed by atoms with Crippen LogP contribution in [0.4, 0.5) is 0 Å². The number of aryl methyl sites for hydroxylation is 1. The van der Waals surface area contributed by atoms with Crippen molar-refractivity contribution >= 4 is 51.8 Å². The maximum atomic E-state index is 13.2. The monoisotopic (exact) mass is 450 g/mol. The lowest BCUT2D eigenvalue weighted by atomic mass is 10.4. The van der Waals surface area contributed by atoms with E-state index in [2.05, 4.69) is 39.9 Å². The molecule has 1 atom stereocenters. The number of aromatic amines is 1. The van der Waals surface area contributed by atoms with Gasteiger partial charge in [0.2, 0.25) is 0 Å². The first kappa shape index (κ1) is 20.3. The Morgan fingerprint density at radius 2 is 2.17 bits per heavy atom. The number of rotatable bonds is 7. The molecule has 0 bridgehead atoms. The third-order valence-corrected chi connectivity index (χ3v) is 8.97. The summed E-state index contributed by atoms with van der Waals surface area (Å²) in [5, 5.41) is 11.8. The summed E-state index contributed by atoms with van der Waals surface area (Å²) < 4.78 is 23.5. The Bertz CT molecular complexity index is 1220. The molecule has 29 heavy (non-hydrogen) atoms. The zero-order valence-corrected chi connectivity index (χ0v) is 19.3. The van der Waals surface area contributed by atoms with Crippen molar-refractivity contribution < 1.29 is 9.29 Å². The summed E-state index contributed by atoms with van der Waals surface area (Å²) in [5.74, 6) is 0. The van der Waals surface area contributed by atoms with Gasteiger partial charge in [0.25, 0.3) is 10.6 Å². The third kappa shape index (κ3) is 3.90. The van der Waals surface area contributed by atoms with E-state index in [-0.39, 0.29) is 12.3 Å². The van der Waals surface area contributed by atoms with E-state index in [0.29, 0.717) is 32.5 Å². The molecule has 0 aliphatic heterocycles. The van der Waals surface area contributed by atoms with Gasteiger partial charge in [0.15, 0.2) is 5.65 Å². The molecule has 4 heterocycles. The highest BCUT2D eigenvalue weighted by molar-refractivity contribution is 7.93. The Hall–Kier alpha value is -1.99. The first-order valence-electron chi connectivity index (χ1n) is 9.10. The molecule has 0 aliphatic rings. The van der Waals surface area contributed by atoms with Crippen molar-refractivity contribution in [1.29, 1.82) is 0 Å². The van der Waals surface area contributed by atoms with E-state index >= 15 is 0 Å². The summed E-state index contributed by atoms with van der Waals surface area (Å²) in [6.45, 7) is 7.81. The standard InChI is InChI=1S/C17H22N6O3S2Si/c1-22-13-11(9-18-21-16(13)24)14-15(22)20-17(27-14)28(25)12-5-6-19-23(12)10-26-7-8-29(2,3)4/h5-6,9H,7-8,10H2,1-4H3,(H,21,24). The summed E-state index contributed by atoms with van der Waals surface area (Å²) in [6, 6.07) is 2.78. The number of aromatic nitrogens is 6. The van der Waals surface area contributed by atoms with Gasteiger partial charge < -0.3 is 13.9 Å². The Morgan fingerprint density at radius 1 is 1.38 bits per heavy atom. The Morgan fingerprint density at radius 3 is 2.93 bits per heavy atom. The molecular weight excluding hydrogens is 428 g/mol. The molecule has 0 fully saturated rings. The van der Waals surface area contributed by atoms with Gasteiger partial charge >= 0.3 is 4.34 Å². The second-order valence-corrected chi connectivity index (χ2v) is 16.2. The Kier molecular flexibility index (Phi) is 5.37. The molecule has 0 radical (unpaired) electrons. The first-order chi connectivity index (χ1) is 13.8. The van der Waals surface area contributed by atoms with E-state index in [9.17, 15) is 9.35 Å². The maximum absolute atomic E-state index is 13.2. The lowest BCUT2D eigenvalue weighted by Crippen LogP contribution is -2.22. The minimum atomic E-state index is -1.50. The Labute approximate surface area is 174 Å². The van der Waals surface area contributed by atoms with Crippen molar-refractivity contribution in [1.82, 2.24) is 29.5 Å². The quantitative estimate of drug-likeness (QED) is 0.263. The number of fused-ring (bicyclic) bond motifs is 3. The summed E-state index contributed by atoms with van der Waals surface area (Å²) >= 11 is -0.199. The van der Waals surface area contributed by atoms with Crippen LogP contribution in [-0.2, 0) is 29.7 Å². The van der Waals surface area contributed by atoms with E-state index in [1.165, 1.54) is 11.3 Å². The van der Waals surface area contributed by atoms with Crippen LogP contribution in [0, 0.1) is 0 Å². The average molecular weight is 451 g/mol. The third-order valence-electron chi connectivity index (χ3n) is 4.55. The van der Waals surface area contributed by atoms with Crippen LogP contribution in [0.5, 0.6) is 0 Å². The van der Waals surface area contributed by atoms with E-state index in [0.717, 1.165) is 10.7 Å².